The lowest BCUT2D eigenvalue weighted by atomic mass is 10.00. The lowest BCUT2D eigenvalue weighted by Gasteiger charge is -2.42. The highest BCUT2D eigenvalue weighted by molar-refractivity contribution is 5.91. The van der Waals surface area contributed by atoms with Crippen molar-refractivity contribution in [3.05, 3.63) is 11.6 Å². The van der Waals surface area contributed by atoms with Crippen LogP contribution in [0, 0.1) is 0 Å². The van der Waals surface area contributed by atoms with E-state index in [0.717, 1.165) is 31.8 Å². The summed E-state index contributed by atoms with van der Waals surface area (Å²) in [7, 11) is 0. The second-order valence-corrected chi connectivity index (χ2v) is 5.76. The number of hydrogen-bond acceptors (Lipinski definition) is 4. The lowest BCUT2D eigenvalue weighted by molar-refractivity contribution is 0.0465. The molecule has 1 saturated heterocycles. The van der Waals surface area contributed by atoms with Gasteiger partial charge in [0.15, 0.2) is 0 Å². The number of hydrogen-bond donors (Lipinski definition) is 2. The van der Waals surface area contributed by atoms with Crippen molar-refractivity contribution in [3.63, 3.8) is 0 Å². The van der Waals surface area contributed by atoms with E-state index < -0.39 is 0 Å². The van der Waals surface area contributed by atoms with Crippen molar-refractivity contribution in [2.75, 3.05) is 19.6 Å². The van der Waals surface area contributed by atoms with E-state index in [4.69, 9.17) is 0 Å². The van der Waals surface area contributed by atoms with E-state index in [2.05, 4.69) is 34.3 Å². The first-order valence-corrected chi connectivity index (χ1v) is 6.53. The first-order chi connectivity index (χ1) is 8.58. The van der Waals surface area contributed by atoms with Gasteiger partial charge in [-0.2, -0.15) is 0 Å². The van der Waals surface area contributed by atoms with Crippen molar-refractivity contribution in [2.24, 2.45) is 0 Å². The summed E-state index contributed by atoms with van der Waals surface area (Å²) < 4.78 is 0. The molecule has 0 radical (unpaired) electrons. The lowest BCUT2D eigenvalue weighted by Crippen LogP contribution is -2.60. The van der Waals surface area contributed by atoms with Crippen molar-refractivity contribution >= 4 is 5.91 Å². The molecule has 1 saturated carbocycles. The van der Waals surface area contributed by atoms with Gasteiger partial charge in [0.1, 0.15) is 5.82 Å². The maximum atomic E-state index is 12.4. The van der Waals surface area contributed by atoms with Crippen LogP contribution < -0.4 is 5.32 Å². The molecule has 1 aliphatic carbocycles. The molecule has 6 nitrogen and oxygen atoms in total. The Labute approximate surface area is 106 Å². The van der Waals surface area contributed by atoms with Gasteiger partial charge in [-0.3, -0.25) is 9.89 Å². The molecule has 2 fully saturated rings. The quantitative estimate of drug-likeness (QED) is 0.800. The Hall–Kier alpha value is -1.43. The number of rotatable bonds is 2. The molecule has 98 valence electrons. The third kappa shape index (κ3) is 2.01. The maximum absolute atomic E-state index is 12.4. The molecule has 1 amide bonds. The highest BCUT2D eigenvalue weighted by Crippen LogP contribution is 2.37. The Morgan fingerprint density at radius 2 is 2.22 bits per heavy atom. The van der Waals surface area contributed by atoms with E-state index in [1.807, 2.05) is 4.90 Å². The fraction of sp³-hybridized carbons (Fsp3) is 0.750. The predicted molar refractivity (Wildman–Crippen MR) is 66.3 cm³/mol. The molecular formula is C12H19N5O. The minimum Gasteiger partial charge on any atom is -0.328 e. The monoisotopic (exact) mass is 249 g/mol. The molecule has 18 heavy (non-hydrogen) atoms. The molecule has 3 rings (SSSR count). The second-order valence-electron chi connectivity index (χ2n) is 5.76. The zero-order valence-corrected chi connectivity index (χ0v) is 10.9. The highest BCUT2D eigenvalue weighted by atomic mass is 16.2. The first kappa shape index (κ1) is 11.6. The number of piperazine rings is 1. The van der Waals surface area contributed by atoms with Gasteiger partial charge < -0.3 is 10.2 Å². The molecule has 0 bridgehead atoms. The van der Waals surface area contributed by atoms with Crippen LogP contribution in [-0.4, -0.2) is 51.2 Å². The molecule has 0 aromatic carbocycles. The summed E-state index contributed by atoms with van der Waals surface area (Å²) in [6, 6.07) is 0. The van der Waals surface area contributed by atoms with Crippen molar-refractivity contribution in [2.45, 2.75) is 38.1 Å². The predicted octanol–water partition coefficient (Wildman–Crippen LogP) is 0.506. The Kier molecular flexibility index (Phi) is 2.62. The number of nitrogens with one attached hydrogen (secondary N) is 2. The minimum atomic E-state index is -0.185. The number of aromatic nitrogens is 3. The third-order valence-electron chi connectivity index (χ3n) is 3.70. The number of aromatic amines is 1. The molecule has 6 heteroatoms. The van der Waals surface area contributed by atoms with Gasteiger partial charge in [-0.25, -0.2) is 4.98 Å². The van der Waals surface area contributed by atoms with Crippen LogP contribution in [0.4, 0.5) is 0 Å². The average molecular weight is 249 g/mol. The molecule has 2 aliphatic rings. The standard InChI is InChI=1S/C12H19N5O/c1-12(2)7-13-5-6-17(12)11(18)10-14-9(15-16-10)8-3-4-8/h8,13H,3-7H2,1-2H3,(H,14,15,16). The SMILES string of the molecule is CC1(C)CNCCN1C(=O)c1n[nH]c(C2CC2)n1. The van der Waals surface area contributed by atoms with Gasteiger partial charge in [-0.05, 0) is 26.7 Å². The van der Waals surface area contributed by atoms with Gasteiger partial charge in [0.2, 0.25) is 5.82 Å². The summed E-state index contributed by atoms with van der Waals surface area (Å²) in [5.41, 5.74) is -0.185. The minimum absolute atomic E-state index is 0.0651. The molecule has 0 unspecified atom stereocenters. The molecule has 1 aliphatic heterocycles. The fourth-order valence-electron chi connectivity index (χ4n) is 2.39. The van der Waals surface area contributed by atoms with Crippen LogP contribution in [0.5, 0.6) is 0 Å². The van der Waals surface area contributed by atoms with Gasteiger partial charge in [-0.15, -0.1) is 5.10 Å². The van der Waals surface area contributed by atoms with Crippen molar-refractivity contribution in [1.82, 2.24) is 25.4 Å². The van der Waals surface area contributed by atoms with E-state index in [1.54, 1.807) is 0 Å². The van der Waals surface area contributed by atoms with Crippen LogP contribution in [0.1, 0.15) is 49.1 Å². The average Bonchev–Trinajstić information content (AvgIpc) is 3.06. The Morgan fingerprint density at radius 3 is 2.89 bits per heavy atom. The van der Waals surface area contributed by atoms with Crippen LogP contribution in [0.15, 0.2) is 0 Å². The van der Waals surface area contributed by atoms with Crippen LogP contribution in [0.2, 0.25) is 0 Å². The zero-order valence-electron chi connectivity index (χ0n) is 10.9. The topological polar surface area (TPSA) is 73.9 Å². The summed E-state index contributed by atoms with van der Waals surface area (Å²) >= 11 is 0. The fourth-order valence-corrected chi connectivity index (χ4v) is 2.39. The maximum Gasteiger partial charge on any atom is 0.294 e. The number of nitrogens with zero attached hydrogens (tertiary/aromatic N) is 3. The normalized spacial score (nSPS) is 23.1. The smallest absolute Gasteiger partial charge is 0.294 e. The largest absolute Gasteiger partial charge is 0.328 e. The first-order valence-electron chi connectivity index (χ1n) is 6.53. The summed E-state index contributed by atoms with van der Waals surface area (Å²) in [6.07, 6.45) is 2.31. The number of amides is 1. The highest BCUT2D eigenvalue weighted by Gasteiger charge is 2.36. The van der Waals surface area contributed by atoms with Crippen LogP contribution in [0.25, 0.3) is 0 Å². The van der Waals surface area contributed by atoms with E-state index in [1.165, 1.54) is 0 Å². The molecule has 2 N–H and O–H groups in total. The molecule has 2 heterocycles. The van der Waals surface area contributed by atoms with Gasteiger partial charge in [0.05, 0.1) is 5.54 Å². The van der Waals surface area contributed by atoms with Crippen molar-refractivity contribution < 1.29 is 4.79 Å². The summed E-state index contributed by atoms with van der Waals surface area (Å²) in [4.78, 5) is 18.6. The third-order valence-corrected chi connectivity index (χ3v) is 3.70. The Morgan fingerprint density at radius 1 is 1.44 bits per heavy atom. The molecule has 0 spiro atoms. The van der Waals surface area contributed by atoms with Crippen molar-refractivity contribution in [3.8, 4) is 0 Å². The van der Waals surface area contributed by atoms with E-state index in [-0.39, 0.29) is 11.4 Å². The second kappa shape index (κ2) is 4.05. The van der Waals surface area contributed by atoms with Crippen LogP contribution in [-0.2, 0) is 0 Å². The van der Waals surface area contributed by atoms with Gasteiger partial charge in [0.25, 0.3) is 5.91 Å². The Bertz CT molecular complexity index is 463. The van der Waals surface area contributed by atoms with Crippen LogP contribution >= 0.6 is 0 Å². The van der Waals surface area contributed by atoms with E-state index in [0.29, 0.717) is 18.3 Å². The number of H-pyrrole nitrogens is 1. The van der Waals surface area contributed by atoms with E-state index in [9.17, 15) is 4.79 Å². The number of carbonyl (C=O) groups excluding carboxylic acids is 1. The van der Waals surface area contributed by atoms with Gasteiger partial charge >= 0.3 is 0 Å². The summed E-state index contributed by atoms with van der Waals surface area (Å²) in [5.74, 6) is 1.61. The molecule has 1 aromatic heterocycles. The van der Waals surface area contributed by atoms with Gasteiger partial charge in [0, 0.05) is 25.6 Å². The zero-order chi connectivity index (χ0) is 12.8. The molecule has 1 aromatic rings. The van der Waals surface area contributed by atoms with Gasteiger partial charge in [-0.1, -0.05) is 0 Å². The van der Waals surface area contributed by atoms with E-state index >= 15 is 0 Å². The Balaban J connectivity index is 1.79. The number of carbonyl (C=O) groups is 1. The molecule has 0 atom stereocenters. The summed E-state index contributed by atoms with van der Waals surface area (Å²) in [5, 5.41) is 10.3. The molecular weight excluding hydrogens is 230 g/mol. The van der Waals surface area contributed by atoms with Crippen molar-refractivity contribution in [1.29, 1.82) is 0 Å². The summed E-state index contributed by atoms with van der Waals surface area (Å²) in [6.45, 7) is 6.46. The van der Waals surface area contributed by atoms with Crippen LogP contribution in [0.3, 0.4) is 0 Å².